The summed E-state index contributed by atoms with van der Waals surface area (Å²) >= 11 is 5.84. The van der Waals surface area contributed by atoms with Crippen molar-refractivity contribution in [3.05, 3.63) is 16.5 Å². The van der Waals surface area contributed by atoms with E-state index in [1.54, 1.807) is 0 Å². The zero-order valence-corrected chi connectivity index (χ0v) is 8.85. The molecule has 0 spiro atoms. The van der Waals surface area contributed by atoms with E-state index < -0.39 is 0 Å². The minimum absolute atomic E-state index is 0.344. The summed E-state index contributed by atoms with van der Waals surface area (Å²) in [6.07, 6.45) is 0.935. The minimum atomic E-state index is 0.344. The van der Waals surface area contributed by atoms with Crippen molar-refractivity contribution >= 4 is 11.6 Å². The van der Waals surface area contributed by atoms with Crippen molar-refractivity contribution in [1.82, 2.24) is 9.97 Å². The van der Waals surface area contributed by atoms with Crippen LogP contribution in [0.3, 0.4) is 0 Å². The van der Waals surface area contributed by atoms with E-state index in [1.165, 1.54) is 0 Å². The lowest BCUT2D eigenvalue weighted by atomic mass is 10.3. The smallest absolute Gasteiger partial charge is 0.252 e. The lowest BCUT2D eigenvalue weighted by Gasteiger charge is -2.06. The maximum absolute atomic E-state index is 5.84. The summed E-state index contributed by atoms with van der Waals surface area (Å²) in [7, 11) is 0. The molecule has 0 aliphatic heterocycles. The fourth-order valence-electron chi connectivity index (χ4n) is 0.846. The van der Waals surface area contributed by atoms with Crippen molar-refractivity contribution in [2.75, 3.05) is 6.61 Å². The molecule has 1 aromatic heterocycles. The van der Waals surface area contributed by atoms with Crippen LogP contribution in [0.25, 0.3) is 0 Å². The molecule has 72 valence electrons. The molecule has 1 aromatic rings. The van der Waals surface area contributed by atoms with Crippen molar-refractivity contribution in [2.45, 2.75) is 27.2 Å². The Bertz CT molecular complexity index is 302. The molecule has 0 saturated carbocycles. The first-order valence-electron chi connectivity index (χ1n) is 4.28. The molecule has 0 aliphatic rings. The van der Waals surface area contributed by atoms with Crippen LogP contribution in [0.2, 0.25) is 5.15 Å². The zero-order chi connectivity index (χ0) is 9.84. The maximum Gasteiger partial charge on any atom is 0.252 e. The summed E-state index contributed by atoms with van der Waals surface area (Å²) in [4.78, 5) is 8.30. The summed E-state index contributed by atoms with van der Waals surface area (Å²) < 4.78 is 5.32. The Morgan fingerprint density at radius 2 is 1.85 bits per heavy atom. The molecule has 0 atom stereocenters. The molecular weight excluding hydrogens is 188 g/mol. The number of ether oxygens (including phenoxy) is 1. The molecule has 13 heavy (non-hydrogen) atoms. The summed E-state index contributed by atoms with van der Waals surface area (Å²) in [6.45, 7) is 6.41. The second-order valence-electron chi connectivity index (χ2n) is 2.84. The van der Waals surface area contributed by atoms with E-state index in [1.807, 2.05) is 20.8 Å². The second-order valence-corrected chi connectivity index (χ2v) is 3.20. The number of aryl methyl sites for hydroxylation is 2. The normalized spacial score (nSPS) is 10.2. The van der Waals surface area contributed by atoms with Crippen LogP contribution in [0.5, 0.6) is 5.88 Å². The lowest BCUT2D eigenvalue weighted by molar-refractivity contribution is 0.303. The van der Waals surface area contributed by atoms with Crippen LogP contribution in [-0.2, 0) is 0 Å². The quantitative estimate of drug-likeness (QED) is 0.752. The molecule has 0 saturated heterocycles. The highest BCUT2D eigenvalue weighted by Crippen LogP contribution is 2.20. The fraction of sp³-hybridized carbons (Fsp3) is 0.556. The fourth-order valence-corrected chi connectivity index (χ4v) is 1.07. The van der Waals surface area contributed by atoms with Gasteiger partial charge in [-0.1, -0.05) is 18.5 Å². The molecule has 0 unspecified atom stereocenters. The van der Waals surface area contributed by atoms with E-state index in [-0.39, 0.29) is 0 Å². The Balaban J connectivity index is 2.88. The predicted molar refractivity (Wildman–Crippen MR) is 52.3 cm³/mol. The number of hydrogen-bond acceptors (Lipinski definition) is 3. The number of nitrogens with zero attached hydrogens (tertiary/aromatic N) is 2. The maximum atomic E-state index is 5.84. The van der Waals surface area contributed by atoms with Gasteiger partial charge in [-0.3, -0.25) is 0 Å². The highest BCUT2D eigenvalue weighted by atomic mass is 35.5. The van der Waals surface area contributed by atoms with Gasteiger partial charge in [-0.05, 0) is 20.3 Å². The SMILES string of the molecule is CCCOc1nc(C)c(C)nc1Cl. The Kier molecular flexibility index (Phi) is 3.48. The first kappa shape index (κ1) is 10.3. The molecule has 0 aliphatic carbocycles. The zero-order valence-electron chi connectivity index (χ0n) is 8.09. The van der Waals surface area contributed by atoms with Crippen LogP contribution < -0.4 is 4.74 Å². The molecular formula is C9H13ClN2O. The van der Waals surface area contributed by atoms with E-state index in [4.69, 9.17) is 16.3 Å². The molecule has 1 rings (SSSR count). The number of aromatic nitrogens is 2. The van der Waals surface area contributed by atoms with Gasteiger partial charge in [-0.2, -0.15) is 0 Å². The number of hydrogen-bond donors (Lipinski definition) is 0. The number of halogens is 1. The van der Waals surface area contributed by atoms with Gasteiger partial charge in [0.2, 0.25) is 0 Å². The van der Waals surface area contributed by atoms with Gasteiger partial charge in [0.25, 0.3) is 5.88 Å². The van der Waals surface area contributed by atoms with Gasteiger partial charge in [0.05, 0.1) is 18.0 Å². The van der Waals surface area contributed by atoms with Crippen molar-refractivity contribution in [1.29, 1.82) is 0 Å². The topological polar surface area (TPSA) is 35.0 Å². The molecule has 0 radical (unpaired) electrons. The molecule has 0 N–H and O–H groups in total. The van der Waals surface area contributed by atoms with E-state index in [0.29, 0.717) is 17.6 Å². The van der Waals surface area contributed by atoms with Crippen LogP contribution >= 0.6 is 11.6 Å². The first-order valence-corrected chi connectivity index (χ1v) is 4.66. The molecule has 0 fully saturated rings. The first-order chi connectivity index (χ1) is 6.15. The van der Waals surface area contributed by atoms with Gasteiger partial charge >= 0.3 is 0 Å². The summed E-state index contributed by atoms with van der Waals surface area (Å²) in [5, 5.41) is 0.344. The van der Waals surface area contributed by atoms with Gasteiger partial charge in [-0.25, -0.2) is 9.97 Å². The summed E-state index contributed by atoms with van der Waals surface area (Å²) in [6, 6.07) is 0. The molecule has 3 nitrogen and oxygen atoms in total. The highest BCUT2D eigenvalue weighted by molar-refractivity contribution is 6.30. The van der Waals surface area contributed by atoms with Crippen molar-refractivity contribution in [2.24, 2.45) is 0 Å². The van der Waals surface area contributed by atoms with Crippen molar-refractivity contribution in [3.63, 3.8) is 0 Å². The largest absolute Gasteiger partial charge is 0.475 e. The van der Waals surface area contributed by atoms with E-state index >= 15 is 0 Å². The van der Waals surface area contributed by atoms with Crippen LogP contribution in [0.4, 0.5) is 0 Å². The van der Waals surface area contributed by atoms with Crippen LogP contribution in [0, 0.1) is 13.8 Å². The average Bonchev–Trinajstić information content (AvgIpc) is 2.09. The summed E-state index contributed by atoms with van der Waals surface area (Å²) in [5.74, 6) is 0.437. The predicted octanol–water partition coefficient (Wildman–Crippen LogP) is 2.54. The Hall–Kier alpha value is -0.830. The van der Waals surface area contributed by atoms with Gasteiger partial charge in [-0.15, -0.1) is 0 Å². The average molecular weight is 201 g/mol. The van der Waals surface area contributed by atoms with Crippen LogP contribution in [-0.4, -0.2) is 16.6 Å². The lowest BCUT2D eigenvalue weighted by Crippen LogP contribution is -2.02. The van der Waals surface area contributed by atoms with Gasteiger partial charge in [0.1, 0.15) is 0 Å². The van der Waals surface area contributed by atoms with Gasteiger partial charge in [0, 0.05) is 0 Å². The highest BCUT2D eigenvalue weighted by Gasteiger charge is 2.07. The third kappa shape index (κ3) is 2.56. The second kappa shape index (κ2) is 4.42. The molecule has 1 heterocycles. The third-order valence-corrected chi connectivity index (χ3v) is 1.92. The van der Waals surface area contributed by atoms with Gasteiger partial charge in [0.15, 0.2) is 5.15 Å². The Morgan fingerprint density at radius 3 is 2.46 bits per heavy atom. The standard InChI is InChI=1S/C9H13ClN2O/c1-4-5-13-9-8(10)11-6(2)7(3)12-9/h4-5H2,1-3H3. The Labute approximate surface area is 83.1 Å². The third-order valence-electron chi connectivity index (χ3n) is 1.68. The van der Waals surface area contributed by atoms with Gasteiger partial charge < -0.3 is 4.74 Å². The Morgan fingerprint density at radius 1 is 1.23 bits per heavy atom. The van der Waals surface area contributed by atoms with Crippen molar-refractivity contribution < 1.29 is 4.74 Å². The van der Waals surface area contributed by atoms with Crippen LogP contribution in [0.1, 0.15) is 24.7 Å². The summed E-state index contributed by atoms with van der Waals surface area (Å²) in [5.41, 5.74) is 1.70. The molecule has 0 aromatic carbocycles. The van der Waals surface area contributed by atoms with E-state index in [9.17, 15) is 0 Å². The van der Waals surface area contributed by atoms with Crippen molar-refractivity contribution in [3.8, 4) is 5.88 Å². The number of rotatable bonds is 3. The monoisotopic (exact) mass is 200 g/mol. The van der Waals surface area contributed by atoms with Crippen LogP contribution in [0.15, 0.2) is 0 Å². The minimum Gasteiger partial charge on any atom is -0.475 e. The van der Waals surface area contributed by atoms with E-state index in [2.05, 4.69) is 9.97 Å². The molecule has 0 bridgehead atoms. The molecule has 4 heteroatoms. The van der Waals surface area contributed by atoms with E-state index in [0.717, 1.165) is 17.8 Å². The molecule has 0 amide bonds.